The first-order chi connectivity index (χ1) is 9.74. The summed E-state index contributed by atoms with van der Waals surface area (Å²) in [6.07, 6.45) is 3.22. The lowest BCUT2D eigenvalue weighted by atomic mass is 10.1. The summed E-state index contributed by atoms with van der Waals surface area (Å²) in [4.78, 5) is 23.2. The molecule has 0 saturated heterocycles. The summed E-state index contributed by atoms with van der Waals surface area (Å²) >= 11 is 0. The molecule has 0 spiro atoms. The number of hydrogen-bond acceptors (Lipinski definition) is 4. The van der Waals surface area contributed by atoms with E-state index in [2.05, 4.69) is 20.3 Å². The second kappa shape index (κ2) is 5.00. The number of aromatic nitrogens is 3. The minimum absolute atomic E-state index is 0.267. The molecule has 4 N–H and O–H groups in total. The van der Waals surface area contributed by atoms with Crippen molar-refractivity contribution in [1.82, 2.24) is 20.3 Å². The first-order valence-electron chi connectivity index (χ1n) is 6.15. The van der Waals surface area contributed by atoms with Crippen LogP contribution in [0.3, 0.4) is 0 Å². The lowest BCUT2D eigenvalue weighted by Crippen LogP contribution is -2.24. The fourth-order valence-corrected chi connectivity index (χ4v) is 1.97. The number of benzene rings is 1. The zero-order chi connectivity index (χ0) is 13.9. The Labute approximate surface area is 115 Å². The van der Waals surface area contributed by atoms with Crippen LogP contribution >= 0.6 is 0 Å². The molecular formula is C14H13N5O. The normalized spacial score (nSPS) is 10.6. The van der Waals surface area contributed by atoms with Gasteiger partial charge in [-0.15, -0.1) is 0 Å². The first-order valence-corrected chi connectivity index (χ1v) is 6.15. The third-order valence-corrected chi connectivity index (χ3v) is 2.98. The average Bonchev–Trinajstić information content (AvgIpc) is 2.98. The van der Waals surface area contributed by atoms with Gasteiger partial charge in [0.25, 0.3) is 5.91 Å². The number of anilines is 1. The van der Waals surface area contributed by atoms with Crippen LogP contribution in [0.15, 0.2) is 42.9 Å². The summed E-state index contributed by atoms with van der Waals surface area (Å²) in [6.45, 7) is 0.368. The summed E-state index contributed by atoms with van der Waals surface area (Å²) in [5, 5.41) is 3.61. The molecule has 3 aromatic rings. The molecule has 6 heteroatoms. The highest BCUT2D eigenvalue weighted by Crippen LogP contribution is 2.19. The van der Waals surface area contributed by atoms with Gasteiger partial charge in [-0.2, -0.15) is 0 Å². The Kier molecular flexibility index (Phi) is 3.04. The Morgan fingerprint density at radius 3 is 3.00 bits per heavy atom. The number of imidazole rings is 1. The standard InChI is InChI=1S/C14H13N5O/c15-11-5-13(19-12-4-2-1-3-10(11)12)14(20)17-7-9-6-16-8-18-9/h1-6,8H,7H2,(H2,15,19)(H,16,18)(H,17,20). The summed E-state index contributed by atoms with van der Waals surface area (Å²) in [5.41, 5.74) is 8.33. The van der Waals surface area contributed by atoms with Gasteiger partial charge in [0.2, 0.25) is 0 Å². The molecule has 0 radical (unpaired) electrons. The molecule has 0 unspecified atom stereocenters. The van der Waals surface area contributed by atoms with E-state index in [9.17, 15) is 4.79 Å². The second-order valence-electron chi connectivity index (χ2n) is 4.37. The quantitative estimate of drug-likeness (QED) is 0.669. The Balaban J connectivity index is 1.84. The smallest absolute Gasteiger partial charge is 0.270 e. The van der Waals surface area contributed by atoms with Gasteiger partial charge in [0.05, 0.1) is 24.1 Å². The lowest BCUT2D eigenvalue weighted by Gasteiger charge is -2.06. The van der Waals surface area contributed by atoms with Gasteiger partial charge in [-0.3, -0.25) is 4.79 Å². The fourth-order valence-electron chi connectivity index (χ4n) is 1.97. The lowest BCUT2D eigenvalue weighted by molar-refractivity contribution is 0.0946. The highest BCUT2D eigenvalue weighted by Gasteiger charge is 2.10. The molecule has 0 bridgehead atoms. The Morgan fingerprint density at radius 1 is 1.35 bits per heavy atom. The number of rotatable bonds is 3. The van der Waals surface area contributed by atoms with Gasteiger partial charge >= 0.3 is 0 Å². The largest absolute Gasteiger partial charge is 0.398 e. The second-order valence-corrected chi connectivity index (χ2v) is 4.37. The van der Waals surface area contributed by atoms with Crippen molar-refractivity contribution in [2.45, 2.75) is 6.54 Å². The molecule has 0 aliphatic heterocycles. The summed E-state index contributed by atoms with van der Waals surface area (Å²) in [5.74, 6) is -0.267. The number of nitrogens with two attached hydrogens (primary N) is 1. The van der Waals surface area contributed by atoms with Crippen LogP contribution in [-0.2, 0) is 6.54 Å². The molecular weight excluding hydrogens is 254 g/mol. The molecule has 0 aliphatic rings. The zero-order valence-electron chi connectivity index (χ0n) is 10.6. The maximum absolute atomic E-state index is 12.1. The van der Waals surface area contributed by atoms with Crippen molar-refractivity contribution >= 4 is 22.5 Å². The van der Waals surface area contributed by atoms with Gasteiger partial charge in [-0.25, -0.2) is 9.97 Å². The number of nitrogens with one attached hydrogen (secondary N) is 2. The summed E-state index contributed by atoms with van der Waals surface area (Å²) in [7, 11) is 0. The number of nitrogen functional groups attached to an aromatic ring is 1. The Bertz CT molecular complexity index is 751. The minimum atomic E-state index is -0.267. The van der Waals surface area contributed by atoms with E-state index in [4.69, 9.17) is 5.73 Å². The number of fused-ring (bicyclic) bond motifs is 1. The number of nitrogens with zero attached hydrogens (tertiary/aromatic N) is 2. The summed E-state index contributed by atoms with van der Waals surface area (Å²) < 4.78 is 0. The molecule has 1 amide bonds. The maximum Gasteiger partial charge on any atom is 0.270 e. The molecule has 0 aliphatic carbocycles. The molecule has 0 fully saturated rings. The number of pyridine rings is 1. The van der Waals surface area contributed by atoms with Crippen LogP contribution in [-0.4, -0.2) is 20.9 Å². The van der Waals surface area contributed by atoms with Gasteiger partial charge in [-0.1, -0.05) is 18.2 Å². The van der Waals surface area contributed by atoms with Crippen molar-refractivity contribution in [2.75, 3.05) is 5.73 Å². The minimum Gasteiger partial charge on any atom is -0.398 e. The van der Waals surface area contributed by atoms with Gasteiger partial charge < -0.3 is 16.0 Å². The van der Waals surface area contributed by atoms with Crippen molar-refractivity contribution in [3.63, 3.8) is 0 Å². The molecule has 100 valence electrons. The predicted molar refractivity (Wildman–Crippen MR) is 75.9 cm³/mol. The predicted octanol–water partition coefficient (Wildman–Crippen LogP) is 1.47. The third kappa shape index (κ3) is 2.31. The van der Waals surface area contributed by atoms with Crippen LogP contribution in [0, 0.1) is 0 Å². The fraction of sp³-hybridized carbons (Fsp3) is 0.0714. The summed E-state index contributed by atoms with van der Waals surface area (Å²) in [6, 6.07) is 9.05. The van der Waals surface area contributed by atoms with Crippen LogP contribution in [0.4, 0.5) is 5.69 Å². The average molecular weight is 267 g/mol. The maximum atomic E-state index is 12.1. The number of hydrogen-bond donors (Lipinski definition) is 3. The molecule has 20 heavy (non-hydrogen) atoms. The van der Waals surface area contributed by atoms with E-state index in [1.165, 1.54) is 0 Å². The topological polar surface area (TPSA) is 96.7 Å². The number of carbonyl (C=O) groups excluding carboxylic acids is 1. The van der Waals surface area contributed by atoms with E-state index in [1.54, 1.807) is 18.6 Å². The molecule has 2 aromatic heterocycles. The van der Waals surface area contributed by atoms with Crippen LogP contribution in [0.5, 0.6) is 0 Å². The van der Waals surface area contributed by atoms with Gasteiger partial charge in [-0.05, 0) is 12.1 Å². The number of carbonyl (C=O) groups is 1. The van der Waals surface area contributed by atoms with Gasteiger partial charge in [0, 0.05) is 17.3 Å². The van der Waals surface area contributed by atoms with Crippen molar-refractivity contribution in [3.05, 3.63) is 54.2 Å². The van der Waals surface area contributed by atoms with Crippen LogP contribution in [0.1, 0.15) is 16.2 Å². The van der Waals surface area contributed by atoms with E-state index >= 15 is 0 Å². The van der Waals surface area contributed by atoms with Crippen LogP contribution < -0.4 is 11.1 Å². The number of H-pyrrole nitrogens is 1. The van der Waals surface area contributed by atoms with Crippen molar-refractivity contribution in [3.8, 4) is 0 Å². The number of para-hydroxylation sites is 1. The molecule has 0 atom stereocenters. The number of aromatic amines is 1. The van der Waals surface area contributed by atoms with Crippen LogP contribution in [0.25, 0.3) is 10.9 Å². The van der Waals surface area contributed by atoms with E-state index in [0.29, 0.717) is 23.4 Å². The van der Waals surface area contributed by atoms with Gasteiger partial charge in [0.1, 0.15) is 5.69 Å². The Hall–Kier alpha value is -2.89. The van der Waals surface area contributed by atoms with E-state index < -0.39 is 0 Å². The molecule has 6 nitrogen and oxygen atoms in total. The van der Waals surface area contributed by atoms with E-state index in [-0.39, 0.29) is 5.91 Å². The monoisotopic (exact) mass is 267 g/mol. The highest BCUT2D eigenvalue weighted by molar-refractivity contribution is 5.99. The molecule has 0 saturated carbocycles. The van der Waals surface area contributed by atoms with Crippen molar-refractivity contribution < 1.29 is 4.79 Å². The zero-order valence-corrected chi connectivity index (χ0v) is 10.6. The van der Waals surface area contributed by atoms with E-state index in [0.717, 1.165) is 11.1 Å². The molecule has 1 aromatic carbocycles. The van der Waals surface area contributed by atoms with Gasteiger partial charge in [0.15, 0.2) is 0 Å². The van der Waals surface area contributed by atoms with Crippen molar-refractivity contribution in [2.24, 2.45) is 0 Å². The molecule has 2 heterocycles. The van der Waals surface area contributed by atoms with E-state index in [1.807, 2.05) is 24.3 Å². The third-order valence-electron chi connectivity index (χ3n) is 2.98. The molecule has 3 rings (SSSR count). The first kappa shape index (κ1) is 12.2. The SMILES string of the molecule is Nc1cc(C(=O)NCc2cnc[nH]2)nc2ccccc12. The van der Waals surface area contributed by atoms with Crippen LogP contribution in [0.2, 0.25) is 0 Å². The highest BCUT2D eigenvalue weighted by atomic mass is 16.1. The number of amides is 1. The Morgan fingerprint density at radius 2 is 2.20 bits per heavy atom. The van der Waals surface area contributed by atoms with Crippen molar-refractivity contribution in [1.29, 1.82) is 0 Å².